The van der Waals surface area contributed by atoms with E-state index in [1.165, 1.54) is 83.8 Å². The average Bonchev–Trinajstić information content (AvgIpc) is 3.73. The first kappa shape index (κ1) is 23.9. The van der Waals surface area contributed by atoms with Gasteiger partial charge in [0.25, 0.3) is 0 Å². The van der Waals surface area contributed by atoms with Crippen LogP contribution in [0.3, 0.4) is 0 Å². The summed E-state index contributed by atoms with van der Waals surface area (Å²) in [6.07, 6.45) is 11.7. The Balaban J connectivity index is 1.33. The van der Waals surface area contributed by atoms with Crippen LogP contribution < -0.4 is 4.90 Å². The minimum Gasteiger partial charge on any atom is -0.331 e. The highest BCUT2D eigenvalue weighted by atomic mass is 15.2. The minimum atomic E-state index is 0.173. The molecule has 0 N–H and O–H groups in total. The summed E-state index contributed by atoms with van der Waals surface area (Å²) >= 11 is 0. The van der Waals surface area contributed by atoms with Crippen LogP contribution in [-0.2, 0) is 6.42 Å². The Hall–Kier alpha value is -5.54. The fourth-order valence-electron chi connectivity index (χ4n) is 8.91. The van der Waals surface area contributed by atoms with Gasteiger partial charge in [-0.1, -0.05) is 97.1 Å². The van der Waals surface area contributed by atoms with Crippen molar-refractivity contribution in [1.82, 2.24) is 9.13 Å². The number of rotatable bonds is 2. The molecule has 0 radical (unpaired) electrons. The summed E-state index contributed by atoms with van der Waals surface area (Å²) in [4.78, 5) is 2.66. The Morgan fingerprint density at radius 1 is 0.644 bits per heavy atom. The number of benzene rings is 5. The third-order valence-corrected chi connectivity index (χ3v) is 10.6. The summed E-state index contributed by atoms with van der Waals surface area (Å²) in [5.74, 6) is 0.280. The smallest absolute Gasteiger partial charge is 0.0724 e. The van der Waals surface area contributed by atoms with Gasteiger partial charge in [-0.25, -0.2) is 0 Å². The third kappa shape index (κ3) is 2.96. The molecule has 2 aromatic heterocycles. The van der Waals surface area contributed by atoms with Crippen molar-refractivity contribution in [2.75, 3.05) is 4.90 Å². The fraction of sp³-hybridized carbons (Fsp3) is 0.0952. The zero-order valence-electron chi connectivity index (χ0n) is 24.7. The van der Waals surface area contributed by atoms with Crippen LogP contribution in [0, 0.1) is 0 Å². The van der Waals surface area contributed by atoms with E-state index in [1.54, 1.807) is 0 Å². The van der Waals surface area contributed by atoms with Crippen molar-refractivity contribution in [3.05, 3.63) is 155 Å². The lowest BCUT2D eigenvalue weighted by atomic mass is 9.84. The largest absolute Gasteiger partial charge is 0.331 e. The Labute approximate surface area is 261 Å². The van der Waals surface area contributed by atoms with Gasteiger partial charge in [-0.3, -0.25) is 0 Å². The van der Waals surface area contributed by atoms with Crippen LogP contribution in [-0.4, -0.2) is 9.13 Å². The molecule has 0 bridgehead atoms. The maximum atomic E-state index is 2.66. The maximum absolute atomic E-state index is 2.66. The van der Waals surface area contributed by atoms with Crippen LogP contribution in [0.15, 0.2) is 127 Å². The SMILES string of the molecule is C1=Cc2c(n3c4c2ccc2c4c4c(n2-c2cccc(-c5ccccc5)c2)C=CC2c5ccccc5N(c5ccccc5-3)C42)CC1. The van der Waals surface area contributed by atoms with Gasteiger partial charge in [-0.15, -0.1) is 0 Å². The van der Waals surface area contributed by atoms with Crippen LogP contribution in [0.5, 0.6) is 0 Å². The van der Waals surface area contributed by atoms with Crippen LogP contribution in [0.4, 0.5) is 11.4 Å². The average molecular weight is 576 g/mol. The van der Waals surface area contributed by atoms with Crippen LogP contribution in [0.2, 0.25) is 0 Å². The summed E-state index contributed by atoms with van der Waals surface area (Å²) in [5, 5.41) is 2.75. The highest BCUT2D eigenvalue weighted by Crippen LogP contribution is 2.60. The molecular weight excluding hydrogens is 546 g/mol. The monoisotopic (exact) mass is 575 g/mol. The normalized spacial score (nSPS) is 18.3. The number of nitrogens with zero attached hydrogens (tertiary/aromatic N) is 3. The molecule has 0 spiro atoms. The van der Waals surface area contributed by atoms with Gasteiger partial charge in [0, 0.05) is 44.9 Å². The first-order chi connectivity index (χ1) is 22.4. The van der Waals surface area contributed by atoms with Gasteiger partial charge in [0.2, 0.25) is 0 Å². The third-order valence-electron chi connectivity index (χ3n) is 10.6. The number of hydrogen-bond acceptors (Lipinski definition) is 1. The van der Waals surface area contributed by atoms with E-state index in [1.807, 2.05) is 0 Å². The van der Waals surface area contributed by atoms with E-state index < -0.39 is 0 Å². The number of anilines is 2. The number of fused-ring (bicyclic) bond motifs is 9. The van der Waals surface area contributed by atoms with Crippen LogP contribution in [0.1, 0.15) is 46.5 Å². The van der Waals surface area contributed by atoms with Gasteiger partial charge in [0.05, 0.1) is 34.1 Å². The minimum absolute atomic E-state index is 0.173. The van der Waals surface area contributed by atoms with Crippen molar-refractivity contribution in [2.24, 2.45) is 0 Å². The molecule has 0 fully saturated rings. The zero-order valence-corrected chi connectivity index (χ0v) is 24.7. The molecule has 5 aromatic carbocycles. The molecule has 45 heavy (non-hydrogen) atoms. The number of para-hydroxylation sites is 3. The summed E-state index contributed by atoms with van der Waals surface area (Å²) in [6, 6.07) is 42.9. The van der Waals surface area contributed by atoms with Crippen molar-refractivity contribution >= 4 is 45.3 Å². The molecule has 0 saturated carbocycles. The van der Waals surface area contributed by atoms with Crippen LogP contribution in [0.25, 0.3) is 56.5 Å². The quantitative estimate of drug-likeness (QED) is 0.200. The predicted molar refractivity (Wildman–Crippen MR) is 186 cm³/mol. The van der Waals surface area contributed by atoms with E-state index in [0.717, 1.165) is 12.8 Å². The molecule has 3 heteroatoms. The molecule has 7 aromatic rings. The van der Waals surface area contributed by atoms with Crippen molar-refractivity contribution in [3.8, 4) is 22.5 Å². The fourth-order valence-corrected chi connectivity index (χ4v) is 8.91. The summed E-state index contributed by atoms with van der Waals surface area (Å²) < 4.78 is 5.16. The molecule has 11 rings (SSSR count). The highest BCUT2D eigenvalue weighted by Gasteiger charge is 2.46. The standard InChI is InChI=1S/C42H29N3/c1-2-11-26(12-3-1)27-13-10-14-28(25-27)43-37-23-21-31-29-15-4-6-17-33(29)44-35-19-8-9-20-36(35)45-34-18-7-5-16-30(34)32-22-24-38(43)40(42(32)45)39(37)41(31)44/h1-6,8-17,19-25,31,41H,7,18H2. The second kappa shape index (κ2) is 8.55. The molecule has 212 valence electrons. The van der Waals surface area contributed by atoms with Crippen LogP contribution >= 0.6 is 0 Å². The van der Waals surface area contributed by atoms with Gasteiger partial charge in [-0.05, 0) is 72.0 Å². The number of aromatic nitrogens is 2. The van der Waals surface area contributed by atoms with E-state index in [9.17, 15) is 0 Å². The zero-order chi connectivity index (χ0) is 29.2. The van der Waals surface area contributed by atoms with Crippen molar-refractivity contribution in [1.29, 1.82) is 0 Å². The van der Waals surface area contributed by atoms with E-state index in [4.69, 9.17) is 0 Å². The molecule has 0 saturated heterocycles. The summed E-state index contributed by atoms with van der Waals surface area (Å²) in [6.45, 7) is 0. The lowest BCUT2D eigenvalue weighted by molar-refractivity contribution is 0.666. The molecule has 3 nitrogen and oxygen atoms in total. The molecule has 2 unspecified atom stereocenters. The first-order valence-electron chi connectivity index (χ1n) is 16.1. The van der Waals surface area contributed by atoms with E-state index in [2.05, 4.69) is 154 Å². The Morgan fingerprint density at radius 2 is 1.44 bits per heavy atom. The van der Waals surface area contributed by atoms with Gasteiger partial charge in [0.1, 0.15) is 0 Å². The van der Waals surface area contributed by atoms with Gasteiger partial charge in [0.15, 0.2) is 0 Å². The molecule has 0 amide bonds. The van der Waals surface area contributed by atoms with Crippen molar-refractivity contribution in [2.45, 2.75) is 24.8 Å². The number of hydrogen-bond donors (Lipinski definition) is 0. The van der Waals surface area contributed by atoms with Crippen molar-refractivity contribution in [3.63, 3.8) is 0 Å². The van der Waals surface area contributed by atoms with Gasteiger partial charge >= 0.3 is 0 Å². The Morgan fingerprint density at radius 3 is 2.36 bits per heavy atom. The summed E-state index contributed by atoms with van der Waals surface area (Å²) in [7, 11) is 0. The molecule has 2 atom stereocenters. The maximum Gasteiger partial charge on any atom is 0.0724 e. The van der Waals surface area contributed by atoms with E-state index >= 15 is 0 Å². The first-order valence-corrected chi connectivity index (χ1v) is 16.1. The Bertz CT molecular complexity index is 2450. The molecule has 4 heterocycles. The van der Waals surface area contributed by atoms with E-state index in [0.29, 0.717) is 0 Å². The highest BCUT2D eigenvalue weighted by molar-refractivity contribution is 6.14. The van der Waals surface area contributed by atoms with Gasteiger partial charge < -0.3 is 14.0 Å². The topological polar surface area (TPSA) is 13.1 Å². The van der Waals surface area contributed by atoms with E-state index in [-0.39, 0.29) is 12.0 Å². The Kier molecular flexibility index (Phi) is 4.53. The lowest BCUT2D eigenvalue weighted by Gasteiger charge is -2.35. The second-order valence-electron chi connectivity index (χ2n) is 12.8. The second-order valence-corrected chi connectivity index (χ2v) is 12.8. The molecule has 4 aliphatic rings. The van der Waals surface area contributed by atoms with Gasteiger partial charge in [-0.2, -0.15) is 0 Å². The molecule has 2 aliphatic carbocycles. The predicted octanol–water partition coefficient (Wildman–Crippen LogP) is 10.5. The van der Waals surface area contributed by atoms with Crippen molar-refractivity contribution < 1.29 is 0 Å². The lowest BCUT2D eigenvalue weighted by Crippen LogP contribution is -2.26. The molecule has 2 aliphatic heterocycles. The summed E-state index contributed by atoms with van der Waals surface area (Å²) in [5.41, 5.74) is 17.1. The number of allylic oxidation sites excluding steroid dienone is 1. The molecular formula is C42H29N3.